The molecule has 28 heavy (non-hydrogen) atoms. The van der Waals surface area contributed by atoms with Crippen LogP contribution in [-0.2, 0) is 6.54 Å². The van der Waals surface area contributed by atoms with Crippen molar-refractivity contribution in [3.63, 3.8) is 0 Å². The third-order valence-corrected chi connectivity index (χ3v) is 4.78. The predicted octanol–water partition coefficient (Wildman–Crippen LogP) is 2.40. The van der Waals surface area contributed by atoms with Gasteiger partial charge in [0.1, 0.15) is 5.82 Å². The highest BCUT2D eigenvalue weighted by molar-refractivity contribution is 14.0. The summed E-state index contributed by atoms with van der Waals surface area (Å²) >= 11 is 6.24. The molecule has 2 heterocycles. The van der Waals surface area contributed by atoms with Crippen molar-refractivity contribution >= 4 is 53.3 Å². The maximum Gasteiger partial charge on any atom is 0.248 e. The largest absolute Gasteiger partial charge is 0.366 e. The fourth-order valence-corrected chi connectivity index (χ4v) is 3.28. The van der Waals surface area contributed by atoms with E-state index in [0.29, 0.717) is 17.1 Å². The number of nitrogens with zero attached hydrogens (tertiary/aromatic N) is 3. The van der Waals surface area contributed by atoms with Crippen molar-refractivity contribution in [1.29, 1.82) is 0 Å². The van der Waals surface area contributed by atoms with E-state index in [1.165, 1.54) is 0 Å². The minimum Gasteiger partial charge on any atom is -0.366 e. The van der Waals surface area contributed by atoms with E-state index in [2.05, 4.69) is 25.5 Å². The molecule has 1 atom stereocenters. The molecule has 9 heteroatoms. The molecular formula is C19H24ClIN6O. The zero-order valence-electron chi connectivity index (χ0n) is 15.6. The molecule has 1 fully saturated rings. The van der Waals surface area contributed by atoms with Gasteiger partial charge in [-0.15, -0.1) is 24.0 Å². The number of pyridine rings is 1. The van der Waals surface area contributed by atoms with Gasteiger partial charge in [0.25, 0.3) is 0 Å². The van der Waals surface area contributed by atoms with Crippen LogP contribution in [0.25, 0.3) is 0 Å². The third-order valence-electron chi connectivity index (χ3n) is 4.49. The molecule has 1 aromatic heterocycles. The lowest BCUT2D eigenvalue weighted by Gasteiger charge is -2.20. The fourth-order valence-electron chi connectivity index (χ4n) is 3.04. The Labute approximate surface area is 186 Å². The first kappa shape index (κ1) is 22.2. The Morgan fingerprint density at radius 3 is 2.75 bits per heavy atom. The van der Waals surface area contributed by atoms with Crippen molar-refractivity contribution in [3.05, 3.63) is 58.7 Å². The van der Waals surface area contributed by atoms with Gasteiger partial charge >= 0.3 is 0 Å². The number of guanidine groups is 1. The number of hydrogen-bond acceptors (Lipinski definition) is 4. The molecule has 1 aromatic carbocycles. The van der Waals surface area contributed by atoms with Crippen LogP contribution in [-0.4, -0.2) is 43.0 Å². The van der Waals surface area contributed by atoms with Crippen LogP contribution >= 0.6 is 35.6 Å². The standard InChI is InChI=1S/C19H23ClN6O.HI/c1-22-19(24-11-13-4-6-14(7-5-13)17(21)27)25-15-8-10-26(12-15)18-16(20)3-2-9-23-18;/h2-7,9,15H,8,10-12H2,1H3,(H2,21,27)(H2,22,24,25);1H. The van der Waals surface area contributed by atoms with E-state index in [-0.39, 0.29) is 30.0 Å². The lowest BCUT2D eigenvalue weighted by atomic mass is 10.1. The molecule has 0 radical (unpaired) electrons. The molecule has 1 aliphatic rings. The number of amides is 1. The fraction of sp³-hybridized carbons (Fsp3) is 0.316. The van der Waals surface area contributed by atoms with E-state index in [9.17, 15) is 4.79 Å². The zero-order chi connectivity index (χ0) is 19.2. The SMILES string of the molecule is CN=C(NCc1ccc(C(N)=O)cc1)NC1CCN(c2ncccc2Cl)C1.I. The Morgan fingerprint density at radius 2 is 2.11 bits per heavy atom. The number of primary amides is 1. The lowest BCUT2D eigenvalue weighted by Crippen LogP contribution is -2.44. The first-order valence-electron chi connectivity index (χ1n) is 8.78. The molecule has 1 saturated heterocycles. The van der Waals surface area contributed by atoms with Gasteiger partial charge in [-0.2, -0.15) is 0 Å². The molecule has 1 unspecified atom stereocenters. The number of rotatable bonds is 5. The highest BCUT2D eigenvalue weighted by Crippen LogP contribution is 2.25. The quantitative estimate of drug-likeness (QED) is 0.324. The number of hydrogen-bond donors (Lipinski definition) is 3. The number of halogens is 2. The van der Waals surface area contributed by atoms with Gasteiger partial charge in [-0.05, 0) is 36.2 Å². The molecule has 1 amide bonds. The Bertz CT molecular complexity index is 829. The van der Waals surface area contributed by atoms with Crippen LogP contribution in [0.2, 0.25) is 5.02 Å². The van der Waals surface area contributed by atoms with Gasteiger partial charge in [-0.1, -0.05) is 23.7 Å². The first-order valence-corrected chi connectivity index (χ1v) is 9.16. The summed E-state index contributed by atoms with van der Waals surface area (Å²) < 4.78 is 0. The minimum absolute atomic E-state index is 0. The van der Waals surface area contributed by atoms with Crippen molar-refractivity contribution in [1.82, 2.24) is 15.6 Å². The normalized spacial score (nSPS) is 16.4. The number of nitrogens with one attached hydrogen (secondary N) is 2. The summed E-state index contributed by atoms with van der Waals surface area (Å²) in [6.45, 7) is 2.30. The molecule has 7 nitrogen and oxygen atoms in total. The van der Waals surface area contributed by atoms with E-state index in [0.717, 1.165) is 36.9 Å². The smallest absolute Gasteiger partial charge is 0.248 e. The molecule has 0 saturated carbocycles. The summed E-state index contributed by atoms with van der Waals surface area (Å²) in [5, 5.41) is 7.39. The van der Waals surface area contributed by atoms with Crippen LogP contribution in [0.3, 0.4) is 0 Å². The highest BCUT2D eigenvalue weighted by Gasteiger charge is 2.25. The van der Waals surface area contributed by atoms with Gasteiger partial charge in [0.2, 0.25) is 5.91 Å². The number of nitrogens with two attached hydrogens (primary N) is 1. The average molecular weight is 515 g/mol. The van der Waals surface area contributed by atoms with Crippen molar-refractivity contribution in [2.75, 3.05) is 25.0 Å². The molecule has 0 spiro atoms. The molecule has 0 aliphatic carbocycles. The van der Waals surface area contributed by atoms with Crippen LogP contribution < -0.4 is 21.3 Å². The van der Waals surface area contributed by atoms with Crippen LogP contribution in [0.1, 0.15) is 22.3 Å². The Balaban J connectivity index is 0.00000280. The molecule has 1 aliphatic heterocycles. The summed E-state index contributed by atoms with van der Waals surface area (Å²) in [6.07, 6.45) is 2.73. The average Bonchev–Trinajstić information content (AvgIpc) is 3.14. The second-order valence-corrected chi connectivity index (χ2v) is 6.78. The number of carbonyl (C=O) groups excluding carboxylic acids is 1. The Morgan fingerprint density at radius 1 is 1.36 bits per heavy atom. The van der Waals surface area contributed by atoms with Crippen LogP contribution in [0.4, 0.5) is 5.82 Å². The third kappa shape index (κ3) is 5.71. The molecule has 0 bridgehead atoms. The topological polar surface area (TPSA) is 95.6 Å². The van der Waals surface area contributed by atoms with E-state index >= 15 is 0 Å². The zero-order valence-corrected chi connectivity index (χ0v) is 18.6. The number of aromatic nitrogens is 1. The van der Waals surface area contributed by atoms with Gasteiger partial charge in [-0.25, -0.2) is 4.98 Å². The van der Waals surface area contributed by atoms with Crippen molar-refractivity contribution in [2.45, 2.75) is 19.0 Å². The molecule has 3 rings (SSSR count). The lowest BCUT2D eigenvalue weighted by molar-refractivity contribution is 0.100. The predicted molar refractivity (Wildman–Crippen MR) is 124 cm³/mol. The van der Waals surface area contributed by atoms with E-state index in [1.807, 2.05) is 24.3 Å². The van der Waals surface area contributed by atoms with E-state index in [1.54, 1.807) is 25.4 Å². The summed E-state index contributed by atoms with van der Waals surface area (Å²) in [4.78, 5) is 22.0. The van der Waals surface area contributed by atoms with Crippen LogP contribution in [0.5, 0.6) is 0 Å². The summed E-state index contributed by atoms with van der Waals surface area (Å²) in [6, 6.07) is 11.1. The summed E-state index contributed by atoms with van der Waals surface area (Å²) in [5.41, 5.74) is 6.80. The maximum atomic E-state index is 11.1. The summed E-state index contributed by atoms with van der Waals surface area (Å²) in [5.74, 6) is 1.12. The minimum atomic E-state index is -0.425. The van der Waals surface area contributed by atoms with Crippen LogP contribution in [0, 0.1) is 0 Å². The van der Waals surface area contributed by atoms with Crippen molar-refractivity contribution < 1.29 is 4.79 Å². The summed E-state index contributed by atoms with van der Waals surface area (Å²) in [7, 11) is 1.74. The second-order valence-electron chi connectivity index (χ2n) is 6.37. The molecular weight excluding hydrogens is 491 g/mol. The molecule has 2 aromatic rings. The number of benzene rings is 1. The van der Waals surface area contributed by atoms with Gasteiger partial charge < -0.3 is 21.3 Å². The van der Waals surface area contributed by atoms with E-state index < -0.39 is 5.91 Å². The van der Waals surface area contributed by atoms with Crippen molar-refractivity contribution in [3.8, 4) is 0 Å². The van der Waals surface area contributed by atoms with Crippen molar-refractivity contribution in [2.24, 2.45) is 10.7 Å². The monoisotopic (exact) mass is 514 g/mol. The number of carbonyl (C=O) groups is 1. The maximum absolute atomic E-state index is 11.1. The van der Waals surface area contributed by atoms with Crippen LogP contribution in [0.15, 0.2) is 47.6 Å². The highest BCUT2D eigenvalue weighted by atomic mass is 127. The van der Waals surface area contributed by atoms with Gasteiger partial charge in [-0.3, -0.25) is 9.79 Å². The Hall–Kier alpha value is -2.07. The number of anilines is 1. The second kappa shape index (κ2) is 10.5. The van der Waals surface area contributed by atoms with Gasteiger partial charge in [0.05, 0.1) is 5.02 Å². The van der Waals surface area contributed by atoms with Gasteiger partial charge in [0.15, 0.2) is 5.96 Å². The Kier molecular flexibility index (Phi) is 8.31. The van der Waals surface area contributed by atoms with Gasteiger partial charge in [0, 0.05) is 44.5 Å². The molecule has 4 N–H and O–H groups in total. The van der Waals surface area contributed by atoms with E-state index in [4.69, 9.17) is 17.3 Å². The molecule has 150 valence electrons. The first-order chi connectivity index (χ1) is 13.1. The number of aliphatic imine (C=N–C) groups is 1.